The van der Waals surface area contributed by atoms with Gasteiger partial charge in [0, 0.05) is 17.1 Å². The van der Waals surface area contributed by atoms with Gasteiger partial charge >= 0.3 is 0 Å². The molecule has 10 heteroatoms. The van der Waals surface area contributed by atoms with E-state index in [1.54, 1.807) is 18.4 Å². The maximum Gasteiger partial charge on any atom is 0.234 e. The maximum atomic E-state index is 13.9. The van der Waals surface area contributed by atoms with E-state index in [-0.39, 0.29) is 15.9 Å². The first-order valence-corrected chi connectivity index (χ1v) is 10.2. The lowest BCUT2D eigenvalue weighted by molar-refractivity contribution is -0.113. The Kier molecular flexibility index (Phi) is 6.50. The molecule has 0 fully saturated rings. The molecular weight excluding hydrogens is 454 g/mol. The zero-order valence-corrected chi connectivity index (χ0v) is 17.5. The Balaban J connectivity index is 1.73. The van der Waals surface area contributed by atoms with Crippen LogP contribution < -0.4 is 5.32 Å². The van der Waals surface area contributed by atoms with E-state index in [2.05, 4.69) is 45.3 Å². The highest BCUT2D eigenvalue weighted by molar-refractivity contribution is 9.10. The Bertz CT molecular complexity index is 953. The third-order valence-corrected chi connectivity index (χ3v) is 5.20. The van der Waals surface area contributed by atoms with Gasteiger partial charge in [-0.1, -0.05) is 25.6 Å². The van der Waals surface area contributed by atoms with Crippen molar-refractivity contribution >= 4 is 39.3 Å². The van der Waals surface area contributed by atoms with Crippen molar-refractivity contribution in [2.75, 3.05) is 11.1 Å². The maximum absolute atomic E-state index is 13.9. The van der Waals surface area contributed by atoms with Crippen molar-refractivity contribution in [2.24, 2.45) is 5.92 Å². The van der Waals surface area contributed by atoms with Crippen LogP contribution in [0.25, 0.3) is 11.6 Å². The molecule has 0 aliphatic carbocycles. The number of aromatic nitrogens is 3. The van der Waals surface area contributed by atoms with Crippen LogP contribution in [0.4, 0.5) is 14.5 Å². The van der Waals surface area contributed by atoms with Gasteiger partial charge in [-0.15, -0.1) is 10.2 Å². The fraction of sp³-hybridized carbons (Fsp3) is 0.278. The van der Waals surface area contributed by atoms with Gasteiger partial charge in [-0.05, 0) is 40.0 Å². The predicted octanol–water partition coefficient (Wildman–Crippen LogP) is 4.97. The number of carbonyl (C=O) groups is 1. The third kappa shape index (κ3) is 4.79. The molecule has 0 aliphatic heterocycles. The number of nitrogens with zero attached hydrogens (tertiary/aromatic N) is 3. The number of benzene rings is 1. The molecule has 0 aliphatic rings. The summed E-state index contributed by atoms with van der Waals surface area (Å²) in [5, 5.41) is 11.3. The molecule has 148 valence electrons. The Morgan fingerprint density at radius 3 is 2.79 bits per heavy atom. The molecule has 2 heterocycles. The molecule has 0 atom stereocenters. The van der Waals surface area contributed by atoms with E-state index >= 15 is 0 Å². The van der Waals surface area contributed by atoms with Crippen molar-refractivity contribution in [3.63, 3.8) is 0 Å². The zero-order valence-electron chi connectivity index (χ0n) is 15.1. The SMILES string of the molecule is CC(C)Cn1c(SCC(=O)Nc2c(F)cc(F)cc2Br)nnc1-c1ccco1. The first kappa shape index (κ1) is 20.5. The van der Waals surface area contributed by atoms with Gasteiger partial charge in [0.25, 0.3) is 0 Å². The number of nitrogens with one attached hydrogen (secondary N) is 1. The summed E-state index contributed by atoms with van der Waals surface area (Å²) in [7, 11) is 0. The molecule has 0 spiro atoms. The average molecular weight is 471 g/mol. The summed E-state index contributed by atoms with van der Waals surface area (Å²) in [5.74, 6) is -0.567. The van der Waals surface area contributed by atoms with Crippen LogP contribution in [0.15, 0.2) is 44.6 Å². The van der Waals surface area contributed by atoms with Crippen LogP contribution in [-0.2, 0) is 11.3 Å². The summed E-state index contributed by atoms with van der Waals surface area (Å²) in [5.41, 5.74) is -0.105. The van der Waals surface area contributed by atoms with E-state index in [0.717, 1.165) is 6.07 Å². The van der Waals surface area contributed by atoms with Crippen LogP contribution in [0.1, 0.15) is 13.8 Å². The van der Waals surface area contributed by atoms with E-state index in [9.17, 15) is 13.6 Å². The molecule has 1 N–H and O–H groups in total. The highest BCUT2D eigenvalue weighted by atomic mass is 79.9. The molecule has 2 aromatic heterocycles. The summed E-state index contributed by atoms with van der Waals surface area (Å²) >= 11 is 4.22. The van der Waals surface area contributed by atoms with E-state index in [4.69, 9.17) is 4.42 Å². The van der Waals surface area contributed by atoms with Gasteiger partial charge in [-0.25, -0.2) is 8.78 Å². The van der Waals surface area contributed by atoms with Crippen LogP contribution >= 0.6 is 27.7 Å². The summed E-state index contributed by atoms with van der Waals surface area (Å²) in [4.78, 5) is 12.3. The molecule has 3 aromatic rings. The lowest BCUT2D eigenvalue weighted by Gasteiger charge is -2.12. The standard InChI is InChI=1S/C18H17BrF2N4O2S/c1-10(2)8-25-17(14-4-3-5-27-14)23-24-18(25)28-9-15(26)22-16-12(19)6-11(20)7-13(16)21/h3-7,10H,8-9H2,1-2H3,(H,22,26). The normalized spacial score (nSPS) is 11.2. The number of halogens is 3. The van der Waals surface area contributed by atoms with Crippen LogP contribution in [0, 0.1) is 17.6 Å². The molecule has 28 heavy (non-hydrogen) atoms. The van der Waals surface area contributed by atoms with Gasteiger partial charge in [0.05, 0.1) is 17.7 Å². The van der Waals surface area contributed by atoms with Gasteiger partial charge in [-0.2, -0.15) is 0 Å². The number of furan rings is 1. The van der Waals surface area contributed by atoms with Gasteiger partial charge in [0.2, 0.25) is 5.91 Å². The Hall–Kier alpha value is -2.20. The fourth-order valence-corrected chi connectivity index (χ4v) is 3.74. The third-order valence-electron chi connectivity index (χ3n) is 3.61. The lowest BCUT2D eigenvalue weighted by Crippen LogP contribution is -2.16. The monoisotopic (exact) mass is 470 g/mol. The van der Waals surface area contributed by atoms with Crippen LogP contribution in [0.2, 0.25) is 0 Å². The lowest BCUT2D eigenvalue weighted by atomic mass is 10.2. The molecule has 0 bridgehead atoms. The van der Waals surface area contributed by atoms with Gasteiger partial charge in [0.15, 0.2) is 22.6 Å². The van der Waals surface area contributed by atoms with Crippen molar-refractivity contribution < 1.29 is 18.0 Å². The van der Waals surface area contributed by atoms with E-state index in [1.165, 1.54) is 11.8 Å². The number of carbonyl (C=O) groups excluding carboxylic acids is 1. The molecule has 0 unspecified atom stereocenters. The van der Waals surface area contributed by atoms with Gasteiger partial charge in [-0.3, -0.25) is 9.36 Å². The topological polar surface area (TPSA) is 73.0 Å². The highest BCUT2D eigenvalue weighted by Crippen LogP contribution is 2.28. The molecule has 6 nitrogen and oxygen atoms in total. The smallest absolute Gasteiger partial charge is 0.234 e. The van der Waals surface area contributed by atoms with E-state index in [1.807, 2.05) is 4.57 Å². The molecule has 0 saturated heterocycles. The Morgan fingerprint density at radius 1 is 1.36 bits per heavy atom. The zero-order chi connectivity index (χ0) is 20.3. The second-order valence-corrected chi connectivity index (χ2v) is 8.17. The number of hydrogen-bond donors (Lipinski definition) is 1. The van der Waals surface area contributed by atoms with Crippen LogP contribution in [0.3, 0.4) is 0 Å². The number of amides is 1. The second-order valence-electron chi connectivity index (χ2n) is 6.37. The minimum atomic E-state index is -0.853. The Labute approximate surface area is 172 Å². The molecule has 1 amide bonds. The first-order chi connectivity index (χ1) is 13.3. The Morgan fingerprint density at radius 2 is 2.14 bits per heavy atom. The van der Waals surface area contributed by atoms with Gasteiger partial charge in [0.1, 0.15) is 5.82 Å². The molecule has 0 radical (unpaired) electrons. The highest BCUT2D eigenvalue weighted by Gasteiger charge is 2.19. The number of anilines is 1. The fourth-order valence-electron chi connectivity index (χ4n) is 2.48. The second kappa shape index (κ2) is 8.87. The van der Waals surface area contributed by atoms with Crippen LogP contribution in [-0.4, -0.2) is 26.4 Å². The summed E-state index contributed by atoms with van der Waals surface area (Å²) in [6.45, 7) is 4.76. The molecule has 0 saturated carbocycles. The average Bonchev–Trinajstić information content (AvgIpc) is 3.25. The van der Waals surface area contributed by atoms with E-state index in [0.29, 0.717) is 35.3 Å². The van der Waals surface area contributed by atoms with Crippen molar-refractivity contribution in [3.8, 4) is 11.6 Å². The summed E-state index contributed by atoms with van der Waals surface area (Å²) in [6.07, 6.45) is 1.55. The molecule has 3 rings (SSSR count). The first-order valence-electron chi connectivity index (χ1n) is 8.39. The van der Waals surface area contributed by atoms with Crippen molar-refractivity contribution in [2.45, 2.75) is 25.5 Å². The number of rotatable bonds is 7. The largest absolute Gasteiger partial charge is 0.461 e. The molecular formula is C18H17BrF2N4O2S. The van der Waals surface area contributed by atoms with Crippen molar-refractivity contribution in [1.82, 2.24) is 14.8 Å². The quantitative estimate of drug-likeness (QED) is 0.493. The van der Waals surface area contributed by atoms with Crippen LogP contribution in [0.5, 0.6) is 0 Å². The summed E-state index contributed by atoms with van der Waals surface area (Å²) < 4.78 is 34.5. The minimum absolute atomic E-state index is 0.0162. The minimum Gasteiger partial charge on any atom is -0.461 e. The molecule has 1 aromatic carbocycles. The number of thioether (sulfide) groups is 1. The van der Waals surface area contributed by atoms with Crippen molar-refractivity contribution in [3.05, 3.63) is 46.6 Å². The van der Waals surface area contributed by atoms with Crippen molar-refractivity contribution in [1.29, 1.82) is 0 Å². The van der Waals surface area contributed by atoms with E-state index < -0.39 is 17.5 Å². The van der Waals surface area contributed by atoms with Gasteiger partial charge < -0.3 is 9.73 Å². The predicted molar refractivity (Wildman–Crippen MR) is 106 cm³/mol. The summed E-state index contributed by atoms with van der Waals surface area (Å²) in [6, 6.07) is 5.35. The number of hydrogen-bond acceptors (Lipinski definition) is 5.